The van der Waals surface area contributed by atoms with Crippen molar-refractivity contribution in [2.24, 2.45) is 0 Å². The van der Waals surface area contributed by atoms with Crippen LogP contribution in [0.2, 0.25) is 0 Å². The molecule has 0 amide bonds. The number of benzene rings is 1. The maximum atomic E-state index is 13.1. The highest BCUT2D eigenvalue weighted by Gasteiger charge is 2.41. The van der Waals surface area contributed by atoms with E-state index in [2.05, 4.69) is 5.32 Å². The van der Waals surface area contributed by atoms with Crippen molar-refractivity contribution in [1.29, 1.82) is 0 Å². The summed E-state index contributed by atoms with van der Waals surface area (Å²) in [5.41, 5.74) is -0.653. The quantitative estimate of drug-likeness (QED) is 0.809. The van der Waals surface area contributed by atoms with Gasteiger partial charge in [-0.05, 0) is 50.1 Å². The molecule has 1 fully saturated rings. The van der Waals surface area contributed by atoms with Crippen LogP contribution in [-0.2, 0) is 12.6 Å². The molecule has 1 aromatic carbocycles. The Hall–Kier alpha value is -1.10. The lowest BCUT2D eigenvalue weighted by Gasteiger charge is -2.15. The van der Waals surface area contributed by atoms with E-state index >= 15 is 0 Å². The molecular formula is C12H13F4N. The molecule has 0 bridgehead atoms. The van der Waals surface area contributed by atoms with Gasteiger partial charge < -0.3 is 5.32 Å². The molecule has 0 spiro atoms. The maximum Gasteiger partial charge on any atom is 0.416 e. The molecule has 17 heavy (non-hydrogen) atoms. The molecule has 1 aromatic rings. The van der Waals surface area contributed by atoms with Crippen LogP contribution in [0.15, 0.2) is 18.2 Å². The number of nitrogens with one attached hydrogen (secondary N) is 1. The Morgan fingerprint density at radius 2 is 1.88 bits per heavy atom. The highest BCUT2D eigenvalue weighted by atomic mass is 19.4. The van der Waals surface area contributed by atoms with Gasteiger partial charge in [-0.3, -0.25) is 0 Å². The topological polar surface area (TPSA) is 12.0 Å². The zero-order valence-electron chi connectivity index (χ0n) is 9.37. The van der Waals surface area contributed by atoms with Gasteiger partial charge in [-0.25, -0.2) is 4.39 Å². The maximum absolute atomic E-state index is 13.1. The highest BCUT2D eigenvalue weighted by molar-refractivity contribution is 5.29. The van der Waals surface area contributed by atoms with Crippen molar-refractivity contribution >= 4 is 0 Å². The van der Waals surface area contributed by atoms with Crippen molar-refractivity contribution < 1.29 is 17.6 Å². The molecule has 1 N–H and O–H groups in total. The van der Waals surface area contributed by atoms with Crippen LogP contribution in [0.4, 0.5) is 17.6 Å². The van der Waals surface area contributed by atoms with E-state index in [1.165, 1.54) is 6.07 Å². The SMILES string of the molecule is CNC1(Cc2cc(F)cc(C(F)(F)F)c2)CC1. The first-order valence-electron chi connectivity index (χ1n) is 5.40. The number of rotatable bonds is 3. The van der Waals surface area contributed by atoms with Crippen molar-refractivity contribution in [1.82, 2.24) is 5.32 Å². The fraction of sp³-hybridized carbons (Fsp3) is 0.500. The van der Waals surface area contributed by atoms with E-state index < -0.39 is 17.6 Å². The summed E-state index contributed by atoms with van der Waals surface area (Å²) in [5, 5.41) is 3.07. The first kappa shape index (κ1) is 12.4. The van der Waals surface area contributed by atoms with E-state index in [1.807, 2.05) is 0 Å². The lowest BCUT2D eigenvalue weighted by molar-refractivity contribution is -0.137. The van der Waals surface area contributed by atoms with Gasteiger partial charge >= 0.3 is 6.18 Å². The van der Waals surface area contributed by atoms with Crippen LogP contribution >= 0.6 is 0 Å². The molecule has 0 saturated heterocycles. The predicted octanol–water partition coefficient (Wildman–Crippen LogP) is 3.14. The van der Waals surface area contributed by atoms with Gasteiger partial charge in [-0.1, -0.05) is 0 Å². The predicted molar refractivity (Wildman–Crippen MR) is 56.1 cm³/mol. The van der Waals surface area contributed by atoms with Gasteiger partial charge in [0.2, 0.25) is 0 Å². The van der Waals surface area contributed by atoms with Gasteiger partial charge in [0.25, 0.3) is 0 Å². The van der Waals surface area contributed by atoms with Crippen LogP contribution in [0.25, 0.3) is 0 Å². The van der Waals surface area contributed by atoms with E-state index in [1.54, 1.807) is 7.05 Å². The van der Waals surface area contributed by atoms with Gasteiger partial charge in [0, 0.05) is 5.54 Å². The fourth-order valence-corrected chi connectivity index (χ4v) is 1.97. The summed E-state index contributed by atoms with van der Waals surface area (Å²) in [6, 6.07) is 2.73. The molecule has 0 heterocycles. The lowest BCUT2D eigenvalue weighted by Crippen LogP contribution is -2.29. The van der Waals surface area contributed by atoms with E-state index in [4.69, 9.17) is 0 Å². The fourth-order valence-electron chi connectivity index (χ4n) is 1.97. The molecule has 94 valence electrons. The number of hydrogen-bond donors (Lipinski definition) is 1. The van der Waals surface area contributed by atoms with Gasteiger partial charge in [-0.15, -0.1) is 0 Å². The molecule has 0 unspecified atom stereocenters. The number of alkyl halides is 3. The van der Waals surface area contributed by atoms with Gasteiger partial charge in [0.1, 0.15) is 5.82 Å². The van der Waals surface area contributed by atoms with Crippen molar-refractivity contribution in [2.75, 3.05) is 7.05 Å². The second-order valence-electron chi connectivity index (χ2n) is 4.55. The molecule has 0 aromatic heterocycles. The highest BCUT2D eigenvalue weighted by Crippen LogP contribution is 2.39. The summed E-state index contributed by atoms with van der Waals surface area (Å²) in [6.45, 7) is 0. The third kappa shape index (κ3) is 2.77. The van der Waals surface area contributed by atoms with Crippen molar-refractivity contribution in [3.05, 3.63) is 35.1 Å². The Morgan fingerprint density at radius 1 is 1.24 bits per heavy atom. The summed E-state index contributed by atoms with van der Waals surface area (Å²) in [6.07, 6.45) is -2.22. The van der Waals surface area contributed by atoms with E-state index in [0.717, 1.165) is 18.9 Å². The van der Waals surface area contributed by atoms with Crippen LogP contribution in [0, 0.1) is 5.82 Å². The molecule has 1 aliphatic rings. The minimum absolute atomic E-state index is 0.128. The Bertz CT molecular complexity index is 421. The lowest BCUT2D eigenvalue weighted by atomic mass is 10.0. The van der Waals surface area contributed by atoms with Crippen LogP contribution < -0.4 is 5.32 Å². The monoisotopic (exact) mass is 247 g/mol. The second-order valence-corrected chi connectivity index (χ2v) is 4.55. The van der Waals surface area contributed by atoms with Crippen LogP contribution in [0.1, 0.15) is 24.0 Å². The standard InChI is InChI=1S/C12H13F4N/c1-17-11(2-3-11)7-8-4-9(12(14,15)16)6-10(13)5-8/h4-6,17H,2-3,7H2,1H3. The molecule has 5 heteroatoms. The van der Waals surface area contributed by atoms with Crippen LogP contribution in [0.5, 0.6) is 0 Å². The molecule has 0 radical (unpaired) electrons. The minimum atomic E-state index is -4.49. The molecule has 0 aliphatic heterocycles. The number of hydrogen-bond acceptors (Lipinski definition) is 1. The van der Waals surface area contributed by atoms with E-state index in [-0.39, 0.29) is 5.54 Å². The summed E-state index contributed by atoms with van der Waals surface area (Å²) < 4.78 is 50.6. The first-order valence-corrected chi connectivity index (χ1v) is 5.40. The molecule has 1 saturated carbocycles. The normalized spacial score (nSPS) is 18.2. The largest absolute Gasteiger partial charge is 0.416 e. The summed E-state index contributed by atoms with van der Waals surface area (Å²) >= 11 is 0. The Labute approximate surface area is 96.8 Å². The third-order valence-electron chi connectivity index (χ3n) is 3.21. The Balaban J connectivity index is 2.26. The van der Waals surface area contributed by atoms with Crippen molar-refractivity contribution in [3.63, 3.8) is 0 Å². The molecule has 1 aliphatic carbocycles. The molecule has 1 nitrogen and oxygen atoms in total. The van der Waals surface area contributed by atoms with E-state index in [0.29, 0.717) is 18.1 Å². The summed E-state index contributed by atoms with van der Waals surface area (Å²) in [4.78, 5) is 0. The molecular weight excluding hydrogens is 234 g/mol. The van der Waals surface area contributed by atoms with Gasteiger partial charge in [0.15, 0.2) is 0 Å². The Morgan fingerprint density at radius 3 is 2.35 bits per heavy atom. The second kappa shape index (κ2) is 3.98. The number of likely N-dealkylation sites (N-methyl/N-ethyl adjacent to an activating group) is 1. The minimum Gasteiger partial charge on any atom is -0.314 e. The zero-order chi connectivity index (χ0) is 12.7. The Kier molecular flexibility index (Phi) is 2.89. The van der Waals surface area contributed by atoms with E-state index in [9.17, 15) is 17.6 Å². The van der Waals surface area contributed by atoms with Crippen LogP contribution in [-0.4, -0.2) is 12.6 Å². The van der Waals surface area contributed by atoms with Crippen molar-refractivity contribution in [2.45, 2.75) is 31.0 Å². The van der Waals surface area contributed by atoms with Gasteiger partial charge in [-0.2, -0.15) is 13.2 Å². The third-order valence-corrected chi connectivity index (χ3v) is 3.21. The molecule has 2 rings (SSSR count). The average molecular weight is 247 g/mol. The zero-order valence-corrected chi connectivity index (χ0v) is 9.37. The molecule has 0 atom stereocenters. The van der Waals surface area contributed by atoms with Gasteiger partial charge in [0.05, 0.1) is 5.56 Å². The van der Waals surface area contributed by atoms with Crippen molar-refractivity contribution in [3.8, 4) is 0 Å². The smallest absolute Gasteiger partial charge is 0.314 e. The summed E-state index contributed by atoms with van der Waals surface area (Å²) in [5.74, 6) is -0.832. The average Bonchev–Trinajstić information content (AvgIpc) is 2.96. The van der Waals surface area contributed by atoms with Crippen LogP contribution in [0.3, 0.4) is 0 Å². The first-order chi connectivity index (χ1) is 7.85. The summed E-state index contributed by atoms with van der Waals surface area (Å²) in [7, 11) is 1.77. The number of halogens is 4.